The Bertz CT molecular complexity index is 750. The average molecular weight is 360 g/mol. The lowest BCUT2D eigenvalue weighted by Gasteiger charge is -2.09. The molecule has 7 heteroatoms. The molecule has 2 rings (SSSR count). The van der Waals surface area contributed by atoms with E-state index in [1.165, 1.54) is 0 Å². The number of aliphatic carboxylic acids is 1. The first-order valence-electron chi connectivity index (χ1n) is 8.56. The molecule has 0 bridgehead atoms. The summed E-state index contributed by atoms with van der Waals surface area (Å²) in [6, 6.07) is 7.31. The summed E-state index contributed by atoms with van der Waals surface area (Å²) in [5.41, 5.74) is 2.01. The van der Waals surface area contributed by atoms with Crippen LogP contribution in [-0.4, -0.2) is 28.7 Å². The fraction of sp³-hybridized carbons (Fsp3) is 0.421. The molecule has 1 amide bonds. The van der Waals surface area contributed by atoms with Crippen molar-refractivity contribution in [3.05, 3.63) is 46.8 Å². The molecule has 2 aromatic rings. The highest BCUT2D eigenvalue weighted by atomic mass is 16.5. The highest BCUT2D eigenvalue weighted by molar-refractivity contribution is 5.96. The fourth-order valence-electron chi connectivity index (χ4n) is 2.45. The average Bonchev–Trinajstić information content (AvgIpc) is 2.99. The third-order valence-corrected chi connectivity index (χ3v) is 3.82. The van der Waals surface area contributed by atoms with Gasteiger partial charge in [0.05, 0.1) is 12.3 Å². The minimum atomic E-state index is -0.830. The highest BCUT2D eigenvalue weighted by Crippen LogP contribution is 2.22. The molecular formula is C19H24N2O5. The number of nitrogens with zero attached hydrogens (tertiary/aromatic N) is 1. The number of nitrogens with one attached hydrogen (secondary N) is 1. The third kappa shape index (κ3) is 5.34. The number of benzene rings is 1. The van der Waals surface area contributed by atoms with Crippen LogP contribution in [0, 0.1) is 6.92 Å². The summed E-state index contributed by atoms with van der Waals surface area (Å²) in [4.78, 5) is 22.9. The van der Waals surface area contributed by atoms with Crippen molar-refractivity contribution in [2.75, 3.05) is 6.61 Å². The van der Waals surface area contributed by atoms with Crippen molar-refractivity contribution in [1.82, 2.24) is 10.5 Å². The zero-order valence-electron chi connectivity index (χ0n) is 15.2. The SMILES string of the molecule is Cc1noc(C(C)C)c1C(=O)NCc1ccc(OCCCC(=O)O)cc1. The predicted octanol–water partition coefficient (Wildman–Crippen LogP) is 3.28. The summed E-state index contributed by atoms with van der Waals surface area (Å²) < 4.78 is 10.7. The Labute approximate surface area is 152 Å². The summed E-state index contributed by atoms with van der Waals surface area (Å²) in [6.45, 7) is 6.38. The Morgan fingerprint density at radius 3 is 2.58 bits per heavy atom. The van der Waals surface area contributed by atoms with Gasteiger partial charge >= 0.3 is 5.97 Å². The first kappa shape index (κ1) is 19.5. The monoisotopic (exact) mass is 360 g/mol. The molecule has 140 valence electrons. The molecular weight excluding hydrogens is 336 g/mol. The number of aryl methyl sites for hydroxylation is 1. The van der Waals surface area contributed by atoms with Gasteiger partial charge in [0.25, 0.3) is 5.91 Å². The van der Waals surface area contributed by atoms with Crippen molar-refractivity contribution < 1.29 is 24.0 Å². The summed E-state index contributed by atoms with van der Waals surface area (Å²) in [5, 5.41) is 15.3. The van der Waals surface area contributed by atoms with Crippen LogP contribution in [0.5, 0.6) is 5.75 Å². The quantitative estimate of drug-likeness (QED) is 0.666. The van der Waals surface area contributed by atoms with E-state index in [2.05, 4.69) is 10.5 Å². The van der Waals surface area contributed by atoms with E-state index in [0.29, 0.717) is 42.3 Å². The number of carbonyl (C=O) groups is 2. The van der Waals surface area contributed by atoms with Crippen LogP contribution in [-0.2, 0) is 11.3 Å². The van der Waals surface area contributed by atoms with Crippen LogP contribution < -0.4 is 10.1 Å². The molecule has 1 aromatic carbocycles. The number of carboxylic acid groups (broad SMARTS) is 1. The maximum absolute atomic E-state index is 12.4. The zero-order chi connectivity index (χ0) is 19.1. The molecule has 7 nitrogen and oxygen atoms in total. The first-order chi connectivity index (χ1) is 12.4. The van der Waals surface area contributed by atoms with Crippen LogP contribution in [0.25, 0.3) is 0 Å². The van der Waals surface area contributed by atoms with Gasteiger partial charge in [0.1, 0.15) is 11.3 Å². The Morgan fingerprint density at radius 2 is 1.96 bits per heavy atom. The number of rotatable bonds is 9. The van der Waals surface area contributed by atoms with Crippen LogP contribution in [0.4, 0.5) is 0 Å². The van der Waals surface area contributed by atoms with Crippen LogP contribution in [0.1, 0.15) is 60.0 Å². The van der Waals surface area contributed by atoms with Crippen LogP contribution >= 0.6 is 0 Å². The smallest absolute Gasteiger partial charge is 0.303 e. The van der Waals surface area contributed by atoms with Crippen LogP contribution in [0.3, 0.4) is 0 Å². The van der Waals surface area contributed by atoms with Crippen molar-refractivity contribution in [3.63, 3.8) is 0 Å². The van der Waals surface area contributed by atoms with Crippen LogP contribution in [0.2, 0.25) is 0 Å². The van der Waals surface area contributed by atoms with E-state index in [0.717, 1.165) is 5.56 Å². The van der Waals surface area contributed by atoms with E-state index in [1.807, 2.05) is 26.0 Å². The first-order valence-corrected chi connectivity index (χ1v) is 8.56. The number of amides is 1. The highest BCUT2D eigenvalue weighted by Gasteiger charge is 2.22. The topological polar surface area (TPSA) is 102 Å². The lowest BCUT2D eigenvalue weighted by molar-refractivity contribution is -0.137. The molecule has 0 radical (unpaired) electrons. The fourth-order valence-corrected chi connectivity index (χ4v) is 2.45. The van der Waals surface area contributed by atoms with Gasteiger partial charge in [0, 0.05) is 18.9 Å². The number of aromatic nitrogens is 1. The van der Waals surface area contributed by atoms with Crippen molar-refractivity contribution in [1.29, 1.82) is 0 Å². The largest absolute Gasteiger partial charge is 0.494 e. The van der Waals surface area contributed by atoms with Gasteiger partial charge in [0.15, 0.2) is 5.76 Å². The molecule has 0 saturated carbocycles. The molecule has 1 heterocycles. The zero-order valence-corrected chi connectivity index (χ0v) is 15.2. The normalized spacial score (nSPS) is 10.8. The van der Waals surface area contributed by atoms with Gasteiger partial charge in [-0.15, -0.1) is 0 Å². The van der Waals surface area contributed by atoms with Crippen molar-refractivity contribution in [2.45, 2.75) is 46.1 Å². The van der Waals surface area contributed by atoms with Gasteiger partial charge in [-0.3, -0.25) is 9.59 Å². The second-order valence-electron chi connectivity index (χ2n) is 6.33. The Balaban J connectivity index is 1.87. The van der Waals surface area contributed by atoms with Gasteiger partial charge < -0.3 is 19.7 Å². The van der Waals surface area contributed by atoms with Gasteiger partial charge in [-0.2, -0.15) is 0 Å². The lowest BCUT2D eigenvalue weighted by atomic mass is 10.0. The summed E-state index contributed by atoms with van der Waals surface area (Å²) >= 11 is 0. The van der Waals surface area contributed by atoms with Crippen molar-refractivity contribution in [2.24, 2.45) is 0 Å². The van der Waals surface area contributed by atoms with E-state index in [-0.39, 0.29) is 18.2 Å². The molecule has 0 aliphatic heterocycles. The standard InChI is InChI=1S/C19H24N2O5/c1-12(2)18-17(13(3)21-26-18)19(24)20-11-14-6-8-15(9-7-14)25-10-4-5-16(22)23/h6-9,12H,4-5,10-11H2,1-3H3,(H,20,24)(H,22,23). The van der Waals surface area contributed by atoms with E-state index in [4.69, 9.17) is 14.4 Å². The molecule has 2 N–H and O–H groups in total. The van der Waals surface area contributed by atoms with Crippen LogP contribution in [0.15, 0.2) is 28.8 Å². The second kappa shape index (κ2) is 9.03. The van der Waals surface area contributed by atoms with Gasteiger partial charge in [-0.05, 0) is 31.0 Å². The molecule has 0 unspecified atom stereocenters. The van der Waals surface area contributed by atoms with Gasteiger partial charge in [0.2, 0.25) is 0 Å². The van der Waals surface area contributed by atoms with E-state index < -0.39 is 5.97 Å². The second-order valence-corrected chi connectivity index (χ2v) is 6.33. The third-order valence-electron chi connectivity index (χ3n) is 3.82. The number of ether oxygens (including phenoxy) is 1. The Hall–Kier alpha value is -2.83. The molecule has 0 aliphatic rings. The summed E-state index contributed by atoms with van der Waals surface area (Å²) in [6.07, 6.45) is 0.550. The predicted molar refractivity (Wildman–Crippen MR) is 95.3 cm³/mol. The molecule has 0 atom stereocenters. The van der Waals surface area contributed by atoms with E-state index in [9.17, 15) is 9.59 Å². The Kier molecular flexibility index (Phi) is 6.77. The summed E-state index contributed by atoms with van der Waals surface area (Å²) in [5.74, 6) is 0.298. The lowest BCUT2D eigenvalue weighted by Crippen LogP contribution is -2.24. The van der Waals surface area contributed by atoms with Crippen molar-refractivity contribution in [3.8, 4) is 5.75 Å². The molecule has 0 spiro atoms. The minimum Gasteiger partial charge on any atom is -0.494 e. The molecule has 0 fully saturated rings. The molecule has 0 saturated heterocycles. The number of carboxylic acids is 1. The maximum atomic E-state index is 12.4. The van der Waals surface area contributed by atoms with Crippen molar-refractivity contribution >= 4 is 11.9 Å². The molecule has 0 aliphatic carbocycles. The molecule has 1 aromatic heterocycles. The van der Waals surface area contributed by atoms with E-state index in [1.54, 1.807) is 19.1 Å². The van der Waals surface area contributed by atoms with Gasteiger partial charge in [-0.1, -0.05) is 31.1 Å². The van der Waals surface area contributed by atoms with E-state index >= 15 is 0 Å². The summed E-state index contributed by atoms with van der Waals surface area (Å²) in [7, 11) is 0. The van der Waals surface area contributed by atoms with Gasteiger partial charge in [-0.25, -0.2) is 0 Å². The number of hydrogen-bond donors (Lipinski definition) is 2. The molecule has 26 heavy (non-hydrogen) atoms. The number of carbonyl (C=O) groups excluding carboxylic acids is 1. The minimum absolute atomic E-state index is 0.0782. The number of hydrogen-bond acceptors (Lipinski definition) is 5. The Morgan fingerprint density at radius 1 is 1.27 bits per heavy atom. The maximum Gasteiger partial charge on any atom is 0.303 e.